The number of nitrogens with one attached hydrogen (secondary N) is 1. The van der Waals surface area contributed by atoms with Crippen LogP contribution in [0.15, 0.2) is 48.1 Å². The average Bonchev–Trinajstić information content (AvgIpc) is 3.28. The molecule has 5 rings (SSSR count). The lowest BCUT2D eigenvalue weighted by Gasteiger charge is -2.09. The topological polar surface area (TPSA) is 72.7 Å². The van der Waals surface area contributed by atoms with E-state index in [4.69, 9.17) is 4.98 Å². The average molecular weight is 375 g/mol. The van der Waals surface area contributed by atoms with Crippen molar-refractivity contribution in [3.63, 3.8) is 0 Å². The first-order chi connectivity index (χ1) is 13.2. The maximum atomic E-state index is 13.0. The van der Waals surface area contributed by atoms with E-state index in [1.54, 1.807) is 10.9 Å². The van der Waals surface area contributed by atoms with Gasteiger partial charge in [-0.1, -0.05) is 18.2 Å². The lowest BCUT2D eigenvalue weighted by Crippen LogP contribution is -2.13. The molecular weight excluding hydrogens is 358 g/mol. The summed E-state index contributed by atoms with van der Waals surface area (Å²) in [7, 11) is 1.87. The normalized spacial score (nSPS) is 13.8. The van der Waals surface area contributed by atoms with Crippen molar-refractivity contribution in [1.29, 1.82) is 0 Å². The number of para-hydroxylation sites is 1. The number of pyridine rings is 1. The molecule has 134 valence electrons. The highest BCUT2D eigenvalue weighted by Gasteiger charge is 2.27. The molecule has 1 aromatic carbocycles. The zero-order valence-electron chi connectivity index (χ0n) is 14.7. The Labute approximate surface area is 159 Å². The van der Waals surface area contributed by atoms with Crippen LogP contribution in [0.3, 0.4) is 0 Å². The molecule has 4 aromatic rings. The number of nitrogens with zero attached hydrogens (tertiary/aromatic N) is 4. The van der Waals surface area contributed by atoms with Gasteiger partial charge in [0.25, 0.3) is 5.91 Å². The molecule has 1 amide bonds. The van der Waals surface area contributed by atoms with Gasteiger partial charge in [0.1, 0.15) is 0 Å². The van der Waals surface area contributed by atoms with Crippen molar-refractivity contribution in [1.82, 2.24) is 19.7 Å². The van der Waals surface area contributed by atoms with Gasteiger partial charge in [-0.3, -0.25) is 19.8 Å². The summed E-state index contributed by atoms with van der Waals surface area (Å²) >= 11 is 1.41. The van der Waals surface area contributed by atoms with Gasteiger partial charge in [-0.05, 0) is 25.0 Å². The molecule has 3 aromatic heterocycles. The molecule has 7 heteroatoms. The van der Waals surface area contributed by atoms with Gasteiger partial charge >= 0.3 is 0 Å². The molecule has 1 N–H and O–H groups in total. The molecular formula is C20H17N5OS. The second kappa shape index (κ2) is 6.28. The molecule has 0 unspecified atom stereocenters. The van der Waals surface area contributed by atoms with E-state index in [9.17, 15) is 4.79 Å². The highest BCUT2D eigenvalue weighted by Crippen LogP contribution is 2.40. The van der Waals surface area contributed by atoms with Crippen molar-refractivity contribution < 1.29 is 4.79 Å². The zero-order chi connectivity index (χ0) is 18.4. The molecule has 0 spiro atoms. The van der Waals surface area contributed by atoms with Gasteiger partial charge in [0, 0.05) is 41.2 Å². The second-order valence-electron chi connectivity index (χ2n) is 6.78. The standard InChI is InChI=1S/C20H17N5OS/c1-25-10-13(9-21-25)18-11-27-20(23-18)24-19(26)15-8-17(12-6-7-12)22-16-5-3-2-4-14(15)16/h2-5,8-12H,6-7H2,1H3,(H,23,24,26). The number of carbonyl (C=O) groups excluding carboxylic acids is 1. The Morgan fingerprint density at radius 2 is 2.11 bits per heavy atom. The quantitative estimate of drug-likeness (QED) is 0.580. The number of rotatable bonds is 4. The van der Waals surface area contributed by atoms with Crippen LogP contribution in [0.1, 0.15) is 34.8 Å². The molecule has 1 fully saturated rings. The Balaban J connectivity index is 1.47. The lowest BCUT2D eigenvalue weighted by molar-refractivity contribution is 0.102. The number of hydrogen-bond acceptors (Lipinski definition) is 5. The SMILES string of the molecule is Cn1cc(-c2csc(NC(=O)c3cc(C4CC4)nc4ccccc34)n2)cn1. The summed E-state index contributed by atoms with van der Waals surface area (Å²) in [6.07, 6.45) is 5.96. The van der Waals surface area contributed by atoms with Crippen LogP contribution in [0.4, 0.5) is 5.13 Å². The van der Waals surface area contributed by atoms with Crippen LogP contribution in [-0.2, 0) is 7.05 Å². The lowest BCUT2D eigenvalue weighted by atomic mass is 10.1. The van der Waals surface area contributed by atoms with Crippen LogP contribution in [0.5, 0.6) is 0 Å². The van der Waals surface area contributed by atoms with Gasteiger partial charge in [0.2, 0.25) is 0 Å². The van der Waals surface area contributed by atoms with Crippen molar-refractivity contribution in [3.8, 4) is 11.3 Å². The maximum absolute atomic E-state index is 13.0. The number of anilines is 1. The molecule has 3 heterocycles. The van der Waals surface area contributed by atoms with E-state index in [2.05, 4.69) is 15.4 Å². The third kappa shape index (κ3) is 3.10. The number of benzene rings is 1. The molecule has 0 saturated heterocycles. The third-order valence-electron chi connectivity index (χ3n) is 4.70. The van der Waals surface area contributed by atoms with Crippen molar-refractivity contribution in [2.75, 3.05) is 5.32 Å². The maximum Gasteiger partial charge on any atom is 0.258 e. The van der Waals surface area contributed by atoms with E-state index in [1.807, 2.05) is 49.0 Å². The van der Waals surface area contributed by atoms with Gasteiger partial charge in [-0.15, -0.1) is 11.3 Å². The summed E-state index contributed by atoms with van der Waals surface area (Å²) < 4.78 is 1.73. The monoisotopic (exact) mass is 375 g/mol. The van der Waals surface area contributed by atoms with Crippen LogP contribution < -0.4 is 5.32 Å². The summed E-state index contributed by atoms with van der Waals surface area (Å²) in [5.74, 6) is 0.334. The Morgan fingerprint density at radius 1 is 1.26 bits per heavy atom. The fraction of sp³-hybridized carbons (Fsp3) is 0.200. The number of fused-ring (bicyclic) bond motifs is 1. The summed E-state index contributed by atoms with van der Waals surface area (Å²) in [5, 5.41) is 10.5. The number of amides is 1. The van der Waals surface area contributed by atoms with E-state index >= 15 is 0 Å². The number of thiazole rings is 1. The number of aryl methyl sites for hydroxylation is 1. The van der Waals surface area contributed by atoms with E-state index in [0.29, 0.717) is 16.6 Å². The van der Waals surface area contributed by atoms with Crippen molar-refractivity contribution in [3.05, 3.63) is 59.4 Å². The van der Waals surface area contributed by atoms with Gasteiger partial charge in [0.05, 0.1) is 23.0 Å². The molecule has 27 heavy (non-hydrogen) atoms. The fourth-order valence-electron chi connectivity index (χ4n) is 3.15. The summed E-state index contributed by atoms with van der Waals surface area (Å²) in [4.78, 5) is 22.2. The number of aromatic nitrogens is 4. The predicted octanol–water partition coefficient (Wildman–Crippen LogP) is 4.22. The highest BCUT2D eigenvalue weighted by atomic mass is 32.1. The van der Waals surface area contributed by atoms with Crippen LogP contribution in [0.2, 0.25) is 0 Å². The Bertz CT molecular complexity index is 1160. The molecule has 0 aliphatic heterocycles. The molecule has 6 nitrogen and oxygen atoms in total. The van der Waals surface area contributed by atoms with E-state index in [1.165, 1.54) is 11.3 Å². The Hall–Kier alpha value is -3.06. The van der Waals surface area contributed by atoms with Crippen molar-refractivity contribution in [2.24, 2.45) is 7.05 Å². The first-order valence-corrected chi connectivity index (χ1v) is 9.71. The Morgan fingerprint density at radius 3 is 2.89 bits per heavy atom. The first kappa shape index (κ1) is 16.1. The van der Waals surface area contributed by atoms with Crippen LogP contribution in [-0.4, -0.2) is 25.7 Å². The minimum Gasteiger partial charge on any atom is -0.298 e. The van der Waals surface area contributed by atoms with Gasteiger partial charge in [-0.2, -0.15) is 5.10 Å². The molecule has 1 aliphatic carbocycles. The minimum absolute atomic E-state index is 0.150. The zero-order valence-corrected chi connectivity index (χ0v) is 15.5. The van der Waals surface area contributed by atoms with Gasteiger partial charge in [-0.25, -0.2) is 4.98 Å². The number of hydrogen-bond donors (Lipinski definition) is 1. The van der Waals surface area contributed by atoms with Crippen molar-refractivity contribution in [2.45, 2.75) is 18.8 Å². The largest absolute Gasteiger partial charge is 0.298 e. The van der Waals surface area contributed by atoms with Gasteiger partial charge < -0.3 is 0 Å². The summed E-state index contributed by atoms with van der Waals surface area (Å²) in [5.41, 5.74) is 4.26. The third-order valence-corrected chi connectivity index (χ3v) is 5.46. The molecule has 0 radical (unpaired) electrons. The highest BCUT2D eigenvalue weighted by molar-refractivity contribution is 7.14. The first-order valence-electron chi connectivity index (χ1n) is 8.83. The van der Waals surface area contributed by atoms with E-state index in [-0.39, 0.29) is 5.91 Å². The second-order valence-corrected chi connectivity index (χ2v) is 7.64. The Kier molecular flexibility index (Phi) is 3.75. The van der Waals surface area contributed by atoms with Gasteiger partial charge in [0.15, 0.2) is 5.13 Å². The number of carbonyl (C=O) groups is 1. The molecule has 0 atom stereocenters. The molecule has 0 bridgehead atoms. The fourth-order valence-corrected chi connectivity index (χ4v) is 3.87. The van der Waals surface area contributed by atoms with Crippen LogP contribution in [0.25, 0.3) is 22.2 Å². The summed E-state index contributed by atoms with van der Waals surface area (Å²) in [6.45, 7) is 0. The molecule has 1 aliphatic rings. The predicted molar refractivity (Wildman–Crippen MR) is 106 cm³/mol. The van der Waals surface area contributed by atoms with Crippen LogP contribution >= 0.6 is 11.3 Å². The summed E-state index contributed by atoms with van der Waals surface area (Å²) in [6, 6.07) is 9.72. The van der Waals surface area contributed by atoms with Crippen molar-refractivity contribution >= 4 is 33.3 Å². The molecule has 1 saturated carbocycles. The minimum atomic E-state index is -0.150. The van der Waals surface area contributed by atoms with Crippen LogP contribution in [0, 0.1) is 0 Å². The van der Waals surface area contributed by atoms with E-state index < -0.39 is 0 Å². The van der Waals surface area contributed by atoms with E-state index in [0.717, 1.165) is 40.7 Å². The smallest absolute Gasteiger partial charge is 0.258 e.